The van der Waals surface area contributed by atoms with Gasteiger partial charge in [-0.2, -0.15) is 0 Å². The van der Waals surface area contributed by atoms with E-state index in [1.165, 1.54) is 5.56 Å². The fourth-order valence-corrected chi connectivity index (χ4v) is 7.58. The van der Waals surface area contributed by atoms with E-state index in [4.69, 9.17) is 14.4 Å². The third-order valence-electron chi connectivity index (χ3n) is 10.3. The summed E-state index contributed by atoms with van der Waals surface area (Å²) < 4.78 is 6.68. The Bertz CT molecular complexity index is 2960. The normalized spacial score (nSPS) is 11.2. The van der Waals surface area contributed by atoms with Crippen molar-refractivity contribution < 1.29 is 4.42 Å². The maximum Gasteiger partial charge on any atom is 0.161 e. The first kappa shape index (κ1) is 33.0. The van der Waals surface area contributed by atoms with Crippen LogP contribution in [0.15, 0.2) is 217 Å². The number of rotatable bonds is 8. The van der Waals surface area contributed by atoms with Crippen LogP contribution in [0.3, 0.4) is 0 Å². The lowest BCUT2D eigenvalue weighted by atomic mass is 10.00. The zero-order valence-corrected chi connectivity index (χ0v) is 30.5. The molecule has 0 saturated heterocycles. The highest BCUT2D eigenvalue weighted by molar-refractivity contribution is 6.12. The van der Waals surface area contributed by atoms with Gasteiger partial charge < -0.3 is 9.32 Å². The quantitative estimate of drug-likeness (QED) is 0.157. The third kappa shape index (κ3) is 6.29. The lowest BCUT2D eigenvalue weighted by Crippen LogP contribution is -2.09. The standard InChI is InChI=1S/C52H35N3O/c1-5-16-36(17-6-1)39-22-13-24-41(32-39)48-35-47(38-20-9-3-10-21-38)53-52(54-48)46-28-15-29-49-51(46)45-31-30-44(34-50(45)56-49)55(42-25-11-4-12-26-42)43-27-14-23-40(33-43)37-18-7-2-8-19-37/h1-35H. The highest BCUT2D eigenvalue weighted by atomic mass is 16.3. The van der Waals surface area contributed by atoms with Crippen LogP contribution in [0, 0.1) is 0 Å². The molecule has 0 radical (unpaired) electrons. The second kappa shape index (κ2) is 14.3. The Morgan fingerprint density at radius 2 is 0.857 bits per heavy atom. The summed E-state index contributed by atoms with van der Waals surface area (Å²) in [6.07, 6.45) is 0. The molecular weight excluding hydrogens is 683 g/mol. The Labute approximate surface area is 325 Å². The van der Waals surface area contributed by atoms with Gasteiger partial charge in [-0.25, -0.2) is 9.97 Å². The van der Waals surface area contributed by atoms with Crippen molar-refractivity contribution in [2.24, 2.45) is 0 Å². The smallest absolute Gasteiger partial charge is 0.161 e. The molecule has 0 aliphatic heterocycles. The number of fused-ring (bicyclic) bond motifs is 3. The van der Waals surface area contributed by atoms with E-state index in [1.54, 1.807) is 0 Å². The molecule has 56 heavy (non-hydrogen) atoms. The molecule has 10 rings (SSSR count). The number of anilines is 3. The number of hydrogen-bond donors (Lipinski definition) is 0. The average Bonchev–Trinajstić information content (AvgIpc) is 3.66. The first-order valence-electron chi connectivity index (χ1n) is 18.8. The van der Waals surface area contributed by atoms with Crippen LogP contribution < -0.4 is 4.90 Å². The summed E-state index contributed by atoms with van der Waals surface area (Å²) in [5, 5.41) is 1.99. The summed E-state index contributed by atoms with van der Waals surface area (Å²) >= 11 is 0. The molecule has 2 heterocycles. The van der Waals surface area contributed by atoms with Gasteiger partial charge in [0.25, 0.3) is 0 Å². The molecule has 10 aromatic rings. The molecule has 0 saturated carbocycles. The van der Waals surface area contributed by atoms with Gasteiger partial charge in [0.2, 0.25) is 0 Å². The molecule has 8 aromatic carbocycles. The first-order valence-corrected chi connectivity index (χ1v) is 18.8. The molecule has 264 valence electrons. The van der Waals surface area contributed by atoms with Gasteiger partial charge in [-0.3, -0.25) is 0 Å². The zero-order valence-electron chi connectivity index (χ0n) is 30.5. The number of aromatic nitrogens is 2. The van der Waals surface area contributed by atoms with Crippen LogP contribution in [0.2, 0.25) is 0 Å². The van der Waals surface area contributed by atoms with Gasteiger partial charge in [0, 0.05) is 50.6 Å². The van der Waals surface area contributed by atoms with Crippen LogP contribution in [-0.2, 0) is 0 Å². The predicted octanol–water partition coefficient (Wildman–Crippen LogP) is 14.2. The lowest BCUT2D eigenvalue weighted by Gasteiger charge is -2.26. The van der Waals surface area contributed by atoms with Gasteiger partial charge >= 0.3 is 0 Å². The van der Waals surface area contributed by atoms with Crippen LogP contribution in [-0.4, -0.2) is 9.97 Å². The topological polar surface area (TPSA) is 42.2 Å². The summed E-state index contributed by atoms with van der Waals surface area (Å²) in [4.78, 5) is 12.8. The molecule has 0 N–H and O–H groups in total. The highest BCUT2D eigenvalue weighted by Gasteiger charge is 2.20. The largest absolute Gasteiger partial charge is 0.456 e. The van der Waals surface area contributed by atoms with Crippen molar-refractivity contribution in [3.05, 3.63) is 212 Å². The molecule has 0 bridgehead atoms. The summed E-state index contributed by atoms with van der Waals surface area (Å²) in [5.74, 6) is 0.646. The van der Waals surface area contributed by atoms with Crippen LogP contribution >= 0.6 is 0 Å². The second-order valence-electron chi connectivity index (χ2n) is 13.8. The molecule has 0 aliphatic carbocycles. The van der Waals surface area contributed by atoms with E-state index >= 15 is 0 Å². The number of benzene rings is 8. The van der Waals surface area contributed by atoms with Gasteiger partial charge in [-0.1, -0.05) is 152 Å². The number of furan rings is 1. The fraction of sp³-hybridized carbons (Fsp3) is 0. The van der Waals surface area contributed by atoms with Crippen molar-refractivity contribution in [2.45, 2.75) is 0 Å². The second-order valence-corrected chi connectivity index (χ2v) is 13.8. The van der Waals surface area contributed by atoms with Crippen molar-refractivity contribution >= 4 is 39.0 Å². The van der Waals surface area contributed by atoms with E-state index in [-0.39, 0.29) is 0 Å². The van der Waals surface area contributed by atoms with Crippen LogP contribution in [0.1, 0.15) is 0 Å². The van der Waals surface area contributed by atoms with Crippen LogP contribution in [0.25, 0.3) is 78.1 Å². The van der Waals surface area contributed by atoms with Gasteiger partial charge in [0.15, 0.2) is 5.82 Å². The van der Waals surface area contributed by atoms with Crippen molar-refractivity contribution in [2.75, 3.05) is 4.90 Å². The Kier molecular flexibility index (Phi) is 8.47. The van der Waals surface area contributed by atoms with Crippen LogP contribution in [0.5, 0.6) is 0 Å². The SMILES string of the molecule is c1ccc(-c2cccc(-c3cc(-c4ccccc4)nc(-c4cccc5oc6cc(N(c7ccccc7)c7cccc(-c8ccccc8)c7)ccc6c45)n3)c2)cc1. The molecule has 0 atom stereocenters. The summed E-state index contributed by atoms with van der Waals surface area (Å²) in [5.41, 5.74) is 14.0. The lowest BCUT2D eigenvalue weighted by molar-refractivity contribution is 0.669. The minimum absolute atomic E-state index is 0.646. The molecule has 0 amide bonds. The van der Waals surface area contributed by atoms with E-state index < -0.39 is 0 Å². The van der Waals surface area contributed by atoms with Crippen molar-refractivity contribution in [3.8, 4) is 56.2 Å². The van der Waals surface area contributed by atoms with E-state index in [2.05, 4.69) is 169 Å². The molecular formula is C52H35N3O. The van der Waals surface area contributed by atoms with E-state index in [0.29, 0.717) is 5.82 Å². The molecule has 4 heteroatoms. The van der Waals surface area contributed by atoms with E-state index in [9.17, 15) is 0 Å². The number of hydrogen-bond acceptors (Lipinski definition) is 4. The highest BCUT2D eigenvalue weighted by Crippen LogP contribution is 2.42. The Morgan fingerprint density at radius 1 is 0.339 bits per heavy atom. The number of nitrogens with zero attached hydrogens (tertiary/aromatic N) is 3. The van der Waals surface area contributed by atoms with Crippen molar-refractivity contribution in [1.29, 1.82) is 0 Å². The molecule has 4 nitrogen and oxygen atoms in total. The first-order chi connectivity index (χ1) is 27.7. The Morgan fingerprint density at radius 3 is 1.55 bits per heavy atom. The van der Waals surface area contributed by atoms with Gasteiger partial charge in [0.05, 0.1) is 11.4 Å². The van der Waals surface area contributed by atoms with Gasteiger partial charge in [-0.15, -0.1) is 0 Å². The fourth-order valence-electron chi connectivity index (χ4n) is 7.58. The van der Waals surface area contributed by atoms with Crippen LogP contribution in [0.4, 0.5) is 17.1 Å². The molecule has 0 unspecified atom stereocenters. The number of para-hydroxylation sites is 1. The van der Waals surface area contributed by atoms with Gasteiger partial charge in [-0.05, 0) is 76.9 Å². The van der Waals surface area contributed by atoms with E-state index in [1.807, 2.05) is 48.5 Å². The minimum atomic E-state index is 0.646. The molecule has 0 fully saturated rings. The minimum Gasteiger partial charge on any atom is -0.456 e. The van der Waals surface area contributed by atoms with Crippen molar-refractivity contribution in [1.82, 2.24) is 9.97 Å². The Balaban J connectivity index is 1.12. The summed E-state index contributed by atoms with van der Waals surface area (Å²) in [6, 6.07) is 73.7. The molecule has 0 aliphatic rings. The van der Waals surface area contributed by atoms with Gasteiger partial charge in [0.1, 0.15) is 11.2 Å². The Hall–Kier alpha value is -7.56. The summed E-state index contributed by atoms with van der Waals surface area (Å²) in [6.45, 7) is 0. The maximum absolute atomic E-state index is 6.68. The zero-order chi connectivity index (χ0) is 37.3. The monoisotopic (exact) mass is 717 g/mol. The molecule has 2 aromatic heterocycles. The average molecular weight is 718 g/mol. The summed E-state index contributed by atoms with van der Waals surface area (Å²) in [7, 11) is 0. The van der Waals surface area contributed by atoms with Crippen molar-refractivity contribution in [3.63, 3.8) is 0 Å². The predicted molar refractivity (Wildman–Crippen MR) is 231 cm³/mol. The van der Waals surface area contributed by atoms with E-state index in [0.717, 1.165) is 83.8 Å². The molecule has 0 spiro atoms. The maximum atomic E-state index is 6.68. The third-order valence-corrected chi connectivity index (χ3v) is 10.3.